The molecule has 2 aromatic heterocycles. The van der Waals surface area contributed by atoms with E-state index in [1.165, 1.54) is 0 Å². The highest BCUT2D eigenvalue weighted by atomic mass is 16.5. The van der Waals surface area contributed by atoms with Gasteiger partial charge in [-0.25, -0.2) is 14.6 Å². The van der Waals surface area contributed by atoms with Gasteiger partial charge in [-0.15, -0.1) is 0 Å². The van der Waals surface area contributed by atoms with Gasteiger partial charge in [0.05, 0.1) is 26.5 Å². The minimum atomic E-state index is -0.112. The van der Waals surface area contributed by atoms with E-state index in [9.17, 15) is 4.79 Å². The molecule has 1 saturated heterocycles. The fourth-order valence-electron chi connectivity index (χ4n) is 3.87. The van der Waals surface area contributed by atoms with Gasteiger partial charge in [0.15, 0.2) is 5.65 Å². The topological polar surface area (TPSA) is 108 Å². The van der Waals surface area contributed by atoms with Crippen LogP contribution in [0.25, 0.3) is 11.2 Å². The van der Waals surface area contributed by atoms with Crippen LogP contribution in [0.15, 0.2) is 30.6 Å². The number of nitrogens with zero attached hydrogens (tertiary/aromatic N) is 5. The highest BCUT2D eigenvalue weighted by Gasteiger charge is 2.34. The van der Waals surface area contributed by atoms with Gasteiger partial charge in [0.1, 0.15) is 22.6 Å². The van der Waals surface area contributed by atoms with Crippen molar-refractivity contribution < 1.29 is 14.3 Å². The van der Waals surface area contributed by atoms with Crippen LogP contribution in [-0.4, -0.2) is 64.4 Å². The predicted molar refractivity (Wildman–Crippen MR) is 107 cm³/mol. The van der Waals surface area contributed by atoms with Gasteiger partial charge in [-0.2, -0.15) is 5.10 Å². The summed E-state index contributed by atoms with van der Waals surface area (Å²) in [6.07, 6.45) is 4.12. The van der Waals surface area contributed by atoms with E-state index in [1.54, 1.807) is 49.5 Å². The summed E-state index contributed by atoms with van der Waals surface area (Å²) in [6.45, 7) is 2.21. The molecule has 1 unspecified atom stereocenters. The zero-order valence-electron chi connectivity index (χ0n) is 16.5. The van der Waals surface area contributed by atoms with Crippen molar-refractivity contribution in [1.82, 2.24) is 24.6 Å². The second-order valence-electron chi connectivity index (χ2n) is 6.90. The summed E-state index contributed by atoms with van der Waals surface area (Å²) < 4.78 is 12.6. The molecule has 0 saturated carbocycles. The number of fused-ring (bicyclic) bond motifs is 1. The normalized spacial score (nSPS) is 16.4. The van der Waals surface area contributed by atoms with Gasteiger partial charge in [0.2, 0.25) is 0 Å². The van der Waals surface area contributed by atoms with E-state index < -0.39 is 0 Å². The molecule has 1 aromatic carbocycles. The Kier molecular flexibility index (Phi) is 5.30. The summed E-state index contributed by atoms with van der Waals surface area (Å²) in [5, 5.41) is 4.72. The van der Waals surface area contributed by atoms with Gasteiger partial charge in [0.25, 0.3) is 5.91 Å². The van der Waals surface area contributed by atoms with Crippen LogP contribution in [-0.2, 0) is 6.54 Å². The lowest BCUT2D eigenvalue weighted by molar-refractivity contribution is 0.0783. The Morgan fingerprint density at radius 1 is 1.21 bits per heavy atom. The molecule has 1 amide bonds. The van der Waals surface area contributed by atoms with E-state index in [4.69, 9.17) is 20.3 Å². The van der Waals surface area contributed by atoms with E-state index in [0.29, 0.717) is 43.2 Å². The van der Waals surface area contributed by atoms with Crippen molar-refractivity contribution in [2.75, 3.05) is 33.9 Å². The molecular formula is C20H24N6O3. The summed E-state index contributed by atoms with van der Waals surface area (Å²) in [5.41, 5.74) is 8.51. The van der Waals surface area contributed by atoms with Crippen LogP contribution >= 0.6 is 0 Å². The molecule has 1 fully saturated rings. The number of ether oxygens (including phenoxy) is 2. The Bertz CT molecular complexity index is 1010. The lowest BCUT2D eigenvalue weighted by atomic mass is 10.0. The maximum Gasteiger partial charge on any atom is 0.261 e. The first-order valence-electron chi connectivity index (χ1n) is 9.55. The zero-order valence-corrected chi connectivity index (χ0v) is 16.5. The molecule has 1 aliphatic rings. The maximum atomic E-state index is 13.3. The Hall–Kier alpha value is -3.20. The molecule has 0 aliphatic carbocycles. The largest absolute Gasteiger partial charge is 0.496 e. The molecule has 9 heteroatoms. The number of hydrogen-bond acceptors (Lipinski definition) is 7. The van der Waals surface area contributed by atoms with Crippen molar-refractivity contribution in [1.29, 1.82) is 0 Å². The van der Waals surface area contributed by atoms with Gasteiger partial charge in [-0.05, 0) is 18.6 Å². The first-order chi connectivity index (χ1) is 14.2. The number of nitrogens with two attached hydrogens (primary N) is 1. The molecule has 3 aromatic rings. The standard InChI is InChI=1S/C20H24N6O3/c1-28-14-4-3-5-15(29-2)16(14)20(27)25-10-6-13(12-25)17-18-19(23-9-8-22-18)26(24-17)11-7-21/h3-5,8-9,13H,6-7,10-12,21H2,1-2H3. The van der Waals surface area contributed by atoms with Gasteiger partial charge in [-0.1, -0.05) is 6.07 Å². The van der Waals surface area contributed by atoms with E-state index in [-0.39, 0.29) is 11.8 Å². The van der Waals surface area contributed by atoms with E-state index >= 15 is 0 Å². The quantitative estimate of drug-likeness (QED) is 0.671. The number of likely N-dealkylation sites (tertiary alicyclic amines) is 1. The van der Waals surface area contributed by atoms with Crippen LogP contribution in [0.3, 0.4) is 0 Å². The van der Waals surface area contributed by atoms with Gasteiger partial charge < -0.3 is 20.1 Å². The minimum Gasteiger partial charge on any atom is -0.496 e. The Balaban J connectivity index is 1.62. The third-order valence-corrected chi connectivity index (χ3v) is 5.24. The number of hydrogen-bond donors (Lipinski definition) is 1. The second kappa shape index (κ2) is 8.04. The number of carbonyl (C=O) groups is 1. The van der Waals surface area contributed by atoms with Gasteiger partial charge >= 0.3 is 0 Å². The monoisotopic (exact) mass is 396 g/mol. The van der Waals surface area contributed by atoms with Crippen molar-refractivity contribution >= 4 is 17.1 Å². The number of carbonyl (C=O) groups excluding carboxylic acids is 1. The molecule has 0 radical (unpaired) electrons. The lowest BCUT2D eigenvalue weighted by Gasteiger charge is -2.19. The molecule has 0 bridgehead atoms. The molecular weight excluding hydrogens is 372 g/mol. The molecule has 29 heavy (non-hydrogen) atoms. The summed E-state index contributed by atoms with van der Waals surface area (Å²) in [5.74, 6) is 0.971. The van der Waals surface area contributed by atoms with Gasteiger partial charge in [-0.3, -0.25) is 4.79 Å². The third-order valence-electron chi connectivity index (χ3n) is 5.24. The number of rotatable bonds is 6. The number of methoxy groups -OCH3 is 2. The highest BCUT2D eigenvalue weighted by molar-refractivity contribution is 6.00. The summed E-state index contributed by atoms with van der Waals surface area (Å²) in [7, 11) is 3.10. The average molecular weight is 396 g/mol. The van der Waals surface area contributed by atoms with Crippen LogP contribution in [0.5, 0.6) is 11.5 Å². The first kappa shape index (κ1) is 19.1. The number of amides is 1. The molecule has 152 valence electrons. The van der Waals surface area contributed by atoms with Crippen LogP contribution in [0.2, 0.25) is 0 Å². The Labute approximate surface area is 168 Å². The van der Waals surface area contributed by atoms with Crippen molar-refractivity contribution in [3.8, 4) is 11.5 Å². The molecule has 2 N–H and O–H groups in total. The summed E-state index contributed by atoms with van der Waals surface area (Å²) in [4.78, 5) is 24.0. The summed E-state index contributed by atoms with van der Waals surface area (Å²) in [6, 6.07) is 5.33. The van der Waals surface area contributed by atoms with Crippen LogP contribution < -0.4 is 15.2 Å². The zero-order chi connectivity index (χ0) is 20.4. The van der Waals surface area contributed by atoms with E-state index in [2.05, 4.69) is 9.97 Å². The Morgan fingerprint density at radius 2 is 1.93 bits per heavy atom. The lowest BCUT2D eigenvalue weighted by Crippen LogP contribution is -2.29. The third kappa shape index (κ3) is 3.38. The smallest absolute Gasteiger partial charge is 0.261 e. The molecule has 0 spiro atoms. The highest BCUT2D eigenvalue weighted by Crippen LogP contribution is 2.34. The van der Waals surface area contributed by atoms with Crippen molar-refractivity contribution in [2.45, 2.75) is 18.9 Å². The average Bonchev–Trinajstić information content (AvgIpc) is 3.38. The van der Waals surface area contributed by atoms with E-state index in [0.717, 1.165) is 23.3 Å². The van der Waals surface area contributed by atoms with Crippen molar-refractivity contribution in [3.05, 3.63) is 41.9 Å². The fourth-order valence-corrected chi connectivity index (χ4v) is 3.87. The number of benzene rings is 1. The molecule has 9 nitrogen and oxygen atoms in total. The predicted octanol–water partition coefficient (Wildman–Crippen LogP) is 1.43. The SMILES string of the molecule is COc1cccc(OC)c1C(=O)N1CCC(c2nn(CCN)c3nccnc23)C1. The van der Waals surface area contributed by atoms with Gasteiger partial charge in [0, 0.05) is 37.9 Å². The first-order valence-corrected chi connectivity index (χ1v) is 9.55. The van der Waals surface area contributed by atoms with Crippen LogP contribution in [0, 0.1) is 0 Å². The van der Waals surface area contributed by atoms with Crippen molar-refractivity contribution in [3.63, 3.8) is 0 Å². The molecule has 4 rings (SSSR count). The molecule has 1 atom stereocenters. The number of aromatic nitrogens is 4. The fraction of sp³-hybridized carbons (Fsp3) is 0.400. The molecule has 3 heterocycles. The molecule has 1 aliphatic heterocycles. The summed E-state index contributed by atoms with van der Waals surface area (Å²) >= 11 is 0. The van der Waals surface area contributed by atoms with Crippen LogP contribution in [0.4, 0.5) is 0 Å². The Morgan fingerprint density at radius 3 is 2.62 bits per heavy atom. The van der Waals surface area contributed by atoms with Crippen LogP contribution in [0.1, 0.15) is 28.4 Å². The maximum absolute atomic E-state index is 13.3. The van der Waals surface area contributed by atoms with E-state index in [1.807, 2.05) is 4.90 Å². The minimum absolute atomic E-state index is 0.0814. The van der Waals surface area contributed by atoms with Crippen molar-refractivity contribution in [2.24, 2.45) is 5.73 Å². The second-order valence-corrected chi connectivity index (χ2v) is 6.90.